The zero-order valence-corrected chi connectivity index (χ0v) is 35.2. The van der Waals surface area contributed by atoms with Gasteiger partial charge in [-0.25, -0.2) is 0 Å². The summed E-state index contributed by atoms with van der Waals surface area (Å²) in [7, 11) is 0. The first-order valence-electron chi connectivity index (χ1n) is 21.0. The predicted octanol–water partition coefficient (Wildman–Crippen LogP) is 16.5. The van der Waals surface area contributed by atoms with Crippen LogP contribution in [-0.4, -0.2) is 0 Å². The van der Waals surface area contributed by atoms with Crippen molar-refractivity contribution in [2.75, 3.05) is 4.90 Å². The first-order chi connectivity index (χ1) is 28.5. The minimum Gasteiger partial charge on any atom is -0.456 e. The largest absolute Gasteiger partial charge is 0.456 e. The molecule has 0 saturated heterocycles. The predicted molar refractivity (Wildman–Crippen MR) is 252 cm³/mol. The highest BCUT2D eigenvalue weighted by Crippen LogP contribution is 2.53. The molecule has 8 aromatic carbocycles. The number of fused-ring (bicyclic) bond motifs is 11. The number of anilines is 3. The van der Waals surface area contributed by atoms with Crippen LogP contribution in [0, 0.1) is 0 Å². The van der Waals surface area contributed by atoms with E-state index in [1.807, 2.05) is 11.3 Å². The van der Waals surface area contributed by atoms with Crippen molar-refractivity contribution < 1.29 is 4.42 Å². The lowest BCUT2D eigenvalue weighted by atomic mass is 9.82. The van der Waals surface area contributed by atoms with E-state index >= 15 is 0 Å². The maximum atomic E-state index is 6.58. The Hall–Kier alpha value is -6.16. The molecule has 3 heteroatoms. The fraction of sp³-hybridized carbons (Fsp3) is 0.179. The van der Waals surface area contributed by atoms with Gasteiger partial charge in [0, 0.05) is 53.1 Å². The Morgan fingerprint density at radius 1 is 0.441 bits per heavy atom. The smallest absolute Gasteiger partial charge is 0.135 e. The molecule has 0 amide bonds. The van der Waals surface area contributed by atoms with Gasteiger partial charge < -0.3 is 9.32 Å². The highest BCUT2D eigenvalue weighted by Gasteiger charge is 2.42. The number of thiophene rings is 1. The molecule has 12 rings (SSSR count). The van der Waals surface area contributed by atoms with Crippen LogP contribution in [0.4, 0.5) is 17.1 Å². The molecule has 10 aromatic rings. The van der Waals surface area contributed by atoms with Gasteiger partial charge in [-0.15, -0.1) is 11.3 Å². The van der Waals surface area contributed by atoms with Gasteiger partial charge in [-0.1, -0.05) is 133 Å². The molecule has 0 aliphatic heterocycles. The Balaban J connectivity index is 1.05. The second kappa shape index (κ2) is 12.0. The molecule has 2 nitrogen and oxygen atoms in total. The zero-order chi connectivity index (χ0) is 40.0. The quantitative estimate of drug-likeness (QED) is 0.177. The molecule has 0 atom stereocenters. The molecule has 0 bridgehead atoms. The van der Waals surface area contributed by atoms with Crippen molar-refractivity contribution in [3.05, 3.63) is 174 Å². The number of hydrogen-bond donors (Lipinski definition) is 0. The van der Waals surface area contributed by atoms with E-state index in [9.17, 15) is 0 Å². The van der Waals surface area contributed by atoms with Crippen LogP contribution in [0.2, 0.25) is 0 Å². The van der Waals surface area contributed by atoms with Gasteiger partial charge in [0.15, 0.2) is 0 Å². The molecule has 2 aliphatic carbocycles. The van der Waals surface area contributed by atoms with Crippen molar-refractivity contribution >= 4 is 81.3 Å². The lowest BCUT2D eigenvalue weighted by molar-refractivity contribution is 0.403. The summed E-state index contributed by atoms with van der Waals surface area (Å²) in [5.74, 6) is 0. The highest BCUT2D eigenvalue weighted by atomic mass is 32.1. The molecular weight excluding hydrogens is 735 g/mol. The van der Waals surface area contributed by atoms with Crippen LogP contribution in [0.15, 0.2) is 156 Å². The molecule has 2 aromatic heterocycles. The molecule has 0 fully saturated rings. The van der Waals surface area contributed by atoms with Crippen LogP contribution in [0.25, 0.3) is 75.1 Å². The monoisotopic (exact) mass is 779 g/mol. The van der Waals surface area contributed by atoms with E-state index < -0.39 is 0 Å². The van der Waals surface area contributed by atoms with Crippen molar-refractivity contribution in [3.63, 3.8) is 0 Å². The molecular formula is C56H45NOS. The molecule has 0 unspecified atom stereocenters. The van der Waals surface area contributed by atoms with Crippen molar-refractivity contribution in [2.24, 2.45) is 0 Å². The van der Waals surface area contributed by atoms with E-state index in [-0.39, 0.29) is 16.2 Å². The molecule has 286 valence electrons. The summed E-state index contributed by atoms with van der Waals surface area (Å²) in [5.41, 5.74) is 16.2. The summed E-state index contributed by atoms with van der Waals surface area (Å²) in [6.45, 7) is 14.3. The van der Waals surface area contributed by atoms with Gasteiger partial charge >= 0.3 is 0 Å². The number of hydrogen-bond acceptors (Lipinski definition) is 3. The van der Waals surface area contributed by atoms with Crippen LogP contribution < -0.4 is 4.90 Å². The number of rotatable bonds is 4. The van der Waals surface area contributed by atoms with Crippen molar-refractivity contribution in [1.29, 1.82) is 0 Å². The molecule has 0 radical (unpaired) electrons. The topological polar surface area (TPSA) is 16.4 Å². The Kier molecular flexibility index (Phi) is 7.06. The Morgan fingerprint density at radius 3 is 1.98 bits per heavy atom. The molecule has 59 heavy (non-hydrogen) atoms. The summed E-state index contributed by atoms with van der Waals surface area (Å²) >= 11 is 1.87. The van der Waals surface area contributed by atoms with Crippen molar-refractivity contribution in [1.82, 2.24) is 0 Å². The third-order valence-electron chi connectivity index (χ3n) is 13.8. The van der Waals surface area contributed by atoms with Crippen LogP contribution in [0.1, 0.15) is 70.2 Å². The average Bonchev–Trinajstić information content (AvgIpc) is 3.91. The van der Waals surface area contributed by atoms with E-state index in [2.05, 4.69) is 198 Å². The van der Waals surface area contributed by atoms with Gasteiger partial charge in [-0.05, 0) is 128 Å². The van der Waals surface area contributed by atoms with E-state index in [1.54, 1.807) is 0 Å². The first kappa shape index (κ1) is 34.8. The number of benzene rings is 8. The number of nitrogens with zero attached hydrogens (tertiary/aromatic N) is 1. The van der Waals surface area contributed by atoms with E-state index in [0.717, 1.165) is 34.6 Å². The Labute approximate surface area is 349 Å². The second-order valence-electron chi connectivity index (χ2n) is 18.8. The average molecular weight is 780 g/mol. The van der Waals surface area contributed by atoms with Gasteiger partial charge in [0.2, 0.25) is 0 Å². The van der Waals surface area contributed by atoms with Crippen LogP contribution in [0.5, 0.6) is 0 Å². The van der Waals surface area contributed by atoms with Crippen molar-refractivity contribution in [2.45, 2.75) is 64.2 Å². The van der Waals surface area contributed by atoms with Gasteiger partial charge in [0.25, 0.3) is 0 Å². The highest BCUT2D eigenvalue weighted by molar-refractivity contribution is 7.25. The summed E-state index contributed by atoms with van der Waals surface area (Å²) in [6, 6.07) is 57.0. The maximum absolute atomic E-state index is 6.58. The van der Waals surface area contributed by atoms with E-state index in [0.29, 0.717) is 0 Å². The normalized spacial score (nSPS) is 16.0. The third-order valence-corrected chi connectivity index (χ3v) is 15.0. The molecule has 0 spiro atoms. The second-order valence-corrected chi connectivity index (χ2v) is 19.9. The third kappa shape index (κ3) is 4.98. The Morgan fingerprint density at radius 2 is 1.10 bits per heavy atom. The standard InChI is InChI=1S/C56H45NOS/c1-54(2)32-55(3,4)48-31-51-44(30-47(48)54)43-27-33(21-26-50(43)58-51)36-15-11-17-40-37(36)16-12-19-49(40)57(35-23-25-42-41-14-8-10-20-52(41)59-53(42)29-35)34-22-24-39-38-13-7-9-18-45(38)56(5,6)46(39)28-34/h7-31H,32H2,1-6H3. The SMILES string of the molecule is CC1(C)CC(C)(C)c2cc3c(cc21)oc1ccc(-c2cccc4c(N(c5ccc6c(c5)C(C)(C)c5ccccc5-6)c5ccc6c(c5)sc5ccccc56)cccc24)cc13. The molecule has 2 heterocycles. The molecule has 2 aliphatic rings. The minimum atomic E-state index is -0.114. The fourth-order valence-corrected chi connectivity index (χ4v) is 12.4. The summed E-state index contributed by atoms with van der Waals surface area (Å²) in [4.78, 5) is 2.49. The van der Waals surface area contributed by atoms with Gasteiger partial charge in [0.05, 0.1) is 5.69 Å². The lowest BCUT2D eigenvalue weighted by Gasteiger charge is -2.29. The Bertz CT molecular complexity index is 3410. The maximum Gasteiger partial charge on any atom is 0.135 e. The summed E-state index contributed by atoms with van der Waals surface area (Å²) in [5, 5.41) is 7.44. The molecule has 0 saturated carbocycles. The van der Waals surface area contributed by atoms with Gasteiger partial charge in [0.1, 0.15) is 11.2 Å². The number of furan rings is 1. The summed E-state index contributed by atoms with van der Waals surface area (Å²) in [6.07, 6.45) is 1.13. The fourth-order valence-electron chi connectivity index (χ4n) is 11.3. The zero-order valence-electron chi connectivity index (χ0n) is 34.4. The van der Waals surface area contributed by atoms with Crippen LogP contribution in [-0.2, 0) is 16.2 Å². The molecule has 0 N–H and O–H groups in total. The minimum absolute atomic E-state index is 0.114. The van der Waals surface area contributed by atoms with Gasteiger partial charge in [-0.2, -0.15) is 0 Å². The van der Waals surface area contributed by atoms with Gasteiger partial charge in [-0.3, -0.25) is 0 Å². The van der Waals surface area contributed by atoms with Crippen LogP contribution >= 0.6 is 11.3 Å². The van der Waals surface area contributed by atoms with Crippen LogP contribution in [0.3, 0.4) is 0 Å². The van der Waals surface area contributed by atoms with E-state index in [1.165, 1.54) is 86.2 Å². The van der Waals surface area contributed by atoms with E-state index in [4.69, 9.17) is 4.42 Å². The lowest BCUT2D eigenvalue weighted by Crippen LogP contribution is -2.17. The first-order valence-corrected chi connectivity index (χ1v) is 21.8. The summed E-state index contributed by atoms with van der Waals surface area (Å²) < 4.78 is 9.19. The van der Waals surface area contributed by atoms with Crippen molar-refractivity contribution in [3.8, 4) is 22.3 Å².